The Balaban J connectivity index is 1.33. The van der Waals surface area contributed by atoms with Crippen LogP contribution in [0.4, 0.5) is 5.95 Å². The van der Waals surface area contributed by atoms with Gasteiger partial charge in [-0.05, 0) is 64.0 Å². The molecule has 3 heterocycles. The van der Waals surface area contributed by atoms with Gasteiger partial charge in [-0.15, -0.1) is 4.72 Å². The first-order valence-corrected chi connectivity index (χ1v) is 15.5. The normalized spacial score (nSPS) is 20.1. The number of rotatable bonds is 5. The van der Waals surface area contributed by atoms with Crippen LogP contribution in [0.5, 0.6) is 0 Å². The molecule has 1 saturated heterocycles. The molecule has 208 valence electrons. The van der Waals surface area contributed by atoms with E-state index in [2.05, 4.69) is 20.8 Å². The Bertz CT molecular complexity index is 1500. The van der Waals surface area contributed by atoms with Crippen LogP contribution in [0.25, 0.3) is 10.9 Å². The van der Waals surface area contributed by atoms with Gasteiger partial charge in [0.25, 0.3) is 5.56 Å². The van der Waals surface area contributed by atoms with Crippen molar-refractivity contribution >= 4 is 51.6 Å². The van der Waals surface area contributed by atoms with Gasteiger partial charge >= 0.3 is 0 Å². The van der Waals surface area contributed by atoms with E-state index in [-0.39, 0.29) is 21.8 Å². The van der Waals surface area contributed by atoms with Crippen LogP contribution in [0.15, 0.2) is 32.9 Å². The van der Waals surface area contributed by atoms with Crippen LogP contribution in [0.2, 0.25) is 5.02 Å². The van der Waals surface area contributed by atoms with Crippen LogP contribution in [0.1, 0.15) is 58.6 Å². The van der Waals surface area contributed by atoms with E-state index >= 15 is 0 Å². The maximum Gasteiger partial charge on any atom is 0.268 e. The summed E-state index contributed by atoms with van der Waals surface area (Å²) in [6, 6.07) is 6.03. The Kier molecular flexibility index (Phi) is 7.72. The number of aryl methyl sites for hydroxylation is 1. The molecule has 5 rings (SSSR count). The van der Waals surface area contributed by atoms with Crippen LogP contribution in [0, 0.1) is 16.7 Å². The predicted octanol–water partition coefficient (Wildman–Crippen LogP) is 4.53. The van der Waals surface area contributed by atoms with Crippen molar-refractivity contribution < 1.29 is 4.55 Å². The Hall–Kier alpha value is -2.23. The Labute approximate surface area is 241 Å². The minimum atomic E-state index is -1.09. The van der Waals surface area contributed by atoms with Crippen LogP contribution < -0.4 is 15.2 Å². The maximum absolute atomic E-state index is 13.4. The summed E-state index contributed by atoms with van der Waals surface area (Å²) < 4.78 is 19.1. The van der Waals surface area contributed by atoms with E-state index in [4.69, 9.17) is 16.6 Å². The second-order valence-electron chi connectivity index (χ2n) is 11.5. The molecule has 9 nitrogen and oxygen atoms in total. The smallest absolute Gasteiger partial charge is 0.268 e. The fraction of sp³-hybridized carbons (Fsp3) is 0.556. The highest BCUT2D eigenvalue weighted by atomic mass is 35.5. The van der Waals surface area contributed by atoms with Crippen molar-refractivity contribution in [3.8, 4) is 6.07 Å². The van der Waals surface area contributed by atoms with Gasteiger partial charge in [0.15, 0.2) is 0 Å². The summed E-state index contributed by atoms with van der Waals surface area (Å²) in [5.74, 6) is 0.653. The monoisotopic (exact) mass is 587 g/mol. The second kappa shape index (κ2) is 10.6. The van der Waals surface area contributed by atoms with Crippen molar-refractivity contribution in [3.05, 3.63) is 39.4 Å². The van der Waals surface area contributed by atoms with Gasteiger partial charge in [0.1, 0.15) is 16.5 Å². The number of nitrogens with zero attached hydrogens (tertiary/aromatic N) is 6. The zero-order valence-corrected chi connectivity index (χ0v) is 25.3. The molecule has 1 unspecified atom stereocenters. The molecule has 1 aliphatic carbocycles. The van der Waals surface area contributed by atoms with Crippen molar-refractivity contribution in [2.24, 2.45) is 19.5 Å². The summed E-state index contributed by atoms with van der Waals surface area (Å²) in [5.41, 5.74) is 1.01. The number of piperidine rings is 1. The summed E-state index contributed by atoms with van der Waals surface area (Å²) >= 11 is 6.83. The van der Waals surface area contributed by atoms with E-state index in [0.717, 1.165) is 45.2 Å². The van der Waals surface area contributed by atoms with Crippen molar-refractivity contribution in [3.63, 3.8) is 0 Å². The van der Waals surface area contributed by atoms with Gasteiger partial charge in [-0.1, -0.05) is 29.8 Å². The number of benzene rings is 1. The van der Waals surface area contributed by atoms with Gasteiger partial charge in [0, 0.05) is 43.4 Å². The molecule has 0 radical (unpaired) electrons. The third kappa shape index (κ3) is 5.18. The molecule has 2 atom stereocenters. The molecule has 1 saturated carbocycles. The molecule has 2 aliphatic rings. The SMILES string of the molecule is Cn1nc2ccc(Sc3cnc(N4CCC5(CCC[C@H]5N[S+]([O-])C(C)(C)C)CC4)n(C)c3=O)c(Cl)c2c1C#N. The van der Waals surface area contributed by atoms with Gasteiger partial charge in [0.05, 0.1) is 33.1 Å². The summed E-state index contributed by atoms with van der Waals surface area (Å²) in [4.78, 5) is 21.4. The standard InChI is InChI=1S/C27H34ClN7O2S2/c1-26(2,3)39(37)32-21-7-6-10-27(21)11-13-35(14-12-27)25-30-16-20(24(36)33(25)4)38-19-9-8-17-22(23(19)28)18(15-29)34(5)31-17/h8-9,16,21,32H,6-7,10-14H2,1-5H3/t21-,39?/m1/s1. The topological polar surface area (TPSA) is 115 Å². The summed E-state index contributed by atoms with van der Waals surface area (Å²) in [6.45, 7) is 7.61. The molecule has 1 spiro atoms. The molecule has 0 amide bonds. The van der Waals surface area contributed by atoms with E-state index in [0.29, 0.717) is 37.4 Å². The number of halogens is 1. The number of nitriles is 1. The van der Waals surface area contributed by atoms with Crippen molar-refractivity contribution in [2.75, 3.05) is 18.0 Å². The number of aromatic nitrogens is 4. The van der Waals surface area contributed by atoms with Gasteiger partial charge < -0.3 is 9.45 Å². The van der Waals surface area contributed by atoms with Crippen molar-refractivity contribution in [1.29, 1.82) is 5.26 Å². The van der Waals surface area contributed by atoms with Crippen LogP contribution in [-0.4, -0.2) is 47.8 Å². The Morgan fingerprint density at radius 1 is 1.23 bits per heavy atom. The lowest BCUT2D eigenvalue weighted by Crippen LogP contribution is -2.53. The Morgan fingerprint density at radius 3 is 2.62 bits per heavy atom. The number of fused-ring (bicyclic) bond motifs is 1. The lowest BCUT2D eigenvalue weighted by Gasteiger charge is -2.44. The summed E-state index contributed by atoms with van der Waals surface area (Å²) in [7, 11) is 3.46. The molecule has 12 heteroatoms. The van der Waals surface area contributed by atoms with Crippen LogP contribution in [-0.2, 0) is 25.5 Å². The summed E-state index contributed by atoms with van der Waals surface area (Å²) in [6.07, 6.45) is 6.89. The zero-order valence-electron chi connectivity index (χ0n) is 23.0. The molecule has 1 N–H and O–H groups in total. The summed E-state index contributed by atoms with van der Waals surface area (Å²) in [5, 5.41) is 14.9. The lowest BCUT2D eigenvalue weighted by atomic mass is 9.74. The fourth-order valence-corrected chi connectivity index (χ4v) is 8.05. The fourth-order valence-electron chi connectivity index (χ4n) is 5.81. The highest BCUT2D eigenvalue weighted by molar-refractivity contribution is 7.99. The van der Waals surface area contributed by atoms with Crippen molar-refractivity contribution in [1.82, 2.24) is 24.1 Å². The molecule has 3 aromatic rings. The highest BCUT2D eigenvalue weighted by Crippen LogP contribution is 2.47. The molecule has 0 bridgehead atoms. The van der Waals surface area contributed by atoms with Crippen LogP contribution in [0.3, 0.4) is 0 Å². The van der Waals surface area contributed by atoms with Gasteiger partial charge in [0.2, 0.25) is 5.95 Å². The zero-order chi connectivity index (χ0) is 28.1. The minimum absolute atomic E-state index is 0.135. The molecule has 2 fully saturated rings. The quantitative estimate of drug-likeness (QED) is 0.433. The molecule has 39 heavy (non-hydrogen) atoms. The average molecular weight is 588 g/mol. The third-order valence-electron chi connectivity index (χ3n) is 8.10. The number of anilines is 1. The second-order valence-corrected chi connectivity index (χ2v) is 15.0. The molecular formula is C27H34ClN7O2S2. The van der Waals surface area contributed by atoms with E-state index < -0.39 is 11.4 Å². The third-order valence-corrected chi connectivity index (χ3v) is 11.3. The van der Waals surface area contributed by atoms with E-state index in [9.17, 15) is 14.6 Å². The highest BCUT2D eigenvalue weighted by Gasteiger charge is 2.48. The van der Waals surface area contributed by atoms with Gasteiger partial charge in [-0.25, -0.2) is 4.98 Å². The van der Waals surface area contributed by atoms with E-state index in [1.54, 1.807) is 24.9 Å². The van der Waals surface area contributed by atoms with Gasteiger partial charge in [-0.3, -0.25) is 14.0 Å². The largest absolute Gasteiger partial charge is 0.598 e. The Morgan fingerprint density at radius 2 is 1.95 bits per heavy atom. The number of nitrogens with one attached hydrogen (secondary N) is 1. The average Bonchev–Trinajstić information content (AvgIpc) is 3.43. The predicted molar refractivity (Wildman–Crippen MR) is 157 cm³/mol. The van der Waals surface area contributed by atoms with Gasteiger partial charge in [-0.2, -0.15) is 10.4 Å². The van der Waals surface area contributed by atoms with E-state index in [1.807, 2.05) is 32.9 Å². The minimum Gasteiger partial charge on any atom is -0.598 e. The number of hydrogen-bond acceptors (Lipinski definition) is 8. The van der Waals surface area contributed by atoms with E-state index in [1.165, 1.54) is 16.4 Å². The molecule has 1 aliphatic heterocycles. The molecule has 1 aromatic carbocycles. The van der Waals surface area contributed by atoms with Crippen LogP contribution >= 0.6 is 23.4 Å². The maximum atomic E-state index is 13.4. The molecule has 2 aromatic heterocycles. The first-order chi connectivity index (χ1) is 18.4. The number of hydrogen-bond donors (Lipinski definition) is 1. The first kappa shape index (κ1) is 28.3. The molecular weight excluding hydrogens is 554 g/mol. The first-order valence-electron chi connectivity index (χ1n) is 13.2. The lowest BCUT2D eigenvalue weighted by molar-refractivity contribution is 0.185. The van der Waals surface area contributed by atoms with Crippen molar-refractivity contribution in [2.45, 2.75) is 73.5 Å².